The SMILES string of the molecule is Cc1ccccc1C(=O)Nc1ccc(C(=O)C2=c3ccc4c(c3CCC2)CC=c2ccccc2=4)c(Cl)c1. The summed E-state index contributed by atoms with van der Waals surface area (Å²) < 4.78 is 0. The fraction of sp³-hybridized carbons (Fsp3) is 0.152. The first-order valence-corrected chi connectivity index (χ1v) is 13.0. The van der Waals surface area contributed by atoms with E-state index in [0.717, 1.165) is 42.0 Å². The number of rotatable bonds is 4. The summed E-state index contributed by atoms with van der Waals surface area (Å²) >= 11 is 6.61. The predicted octanol–water partition coefficient (Wildman–Crippen LogP) is 5.89. The van der Waals surface area contributed by atoms with Crippen LogP contribution in [0.5, 0.6) is 0 Å². The zero-order valence-corrected chi connectivity index (χ0v) is 21.4. The van der Waals surface area contributed by atoms with Gasteiger partial charge in [0.1, 0.15) is 0 Å². The molecule has 0 fully saturated rings. The van der Waals surface area contributed by atoms with Crippen LogP contribution >= 0.6 is 11.6 Å². The van der Waals surface area contributed by atoms with Gasteiger partial charge in [-0.2, -0.15) is 0 Å². The Morgan fingerprint density at radius 1 is 0.784 bits per heavy atom. The van der Waals surface area contributed by atoms with Crippen LogP contribution in [0.4, 0.5) is 5.69 Å². The molecule has 4 aromatic rings. The molecule has 37 heavy (non-hydrogen) atoms. The highest BCUT2D eigenvalue weighted by Crippen LogP contribution is 2.28. The van der Waals surface area contributed by atoms with Crippen LogP contribution in [0.2, 0.25) is 5.02 Å². The van der Waals surface area contributed by atoms with Crippen molar-refractivity contribution in [3.63, 3.8) is 0 Å². The van der Waals surface area contributed by atoms with Crippen LogP contribution < -0.4 is 15.8 Å². The predicted molar refractivity (Wildman–Crippen MR) is 149 cm³/mol. The summed E-state index contributed by atoms with van der Waals surface area (Å²) in [5, 5.41) is 8.10. The Morgan fingerprint density at radius 3 is 2.41 bits per heavy atom. The van der Waals surface area contributed by atoms with E-state index in [0.29, 0.717) is 21.8 Å². The molecule has 0 unspecified atom stereocenters. The standard InChI is InChI=1S/C33H26ClNO2/c1-20-7-2-4-9-23(20)33(37)35-22-14-16-30(31(34)19-22)32(36)29-12-6-11-25-27-15-13-21-8-3-5-10-24(21)26(27)17-18-28(25)29/h2-5,7-10,13-14,16-19H,6,11-12,15H2,1H3,(H,35,37). The Morgan fingerprint density at radius 2 is 1.57 bits per heavy atom. The molecular formula is C33H26ClNO2. The Bertz CT molecular complexity index is 1820. The lowest BCUT2D eigenvalue weighted by atomic mass is 9.84. The Balaban J connectivity index is 1.37. The van der Waals surface area contributed by atoms with E-state index in [1.54, 1.807) is 24.3 Å². The number of carbonyl (C=O) groups is 2. The highest BCUT2D eigenvalue weighted by molar-refractivity contribution is 6.38. The third kappa shape index (κ3) is 4.20. The number of carbonyl (C=O) groups excluding carboxylic acids is 2. The summed E-state index contributed by atoms with van der Waals surface area (Å²) in [6.45, 7) is 1.90. The highest BCUT2D eigenvalue weighted by Gasteiger charge is 2.22. The molecule has 2 aliphatic rings. The molecule has 0 spiro atoms. The van der Waals surface area contributed by atoms with Crippen molar-refractivity contribution in [3.8, 4) is 0 Å². The van der Waals surface area contributed by atoms with E-state index in [4.69, 9.17) is 11.6 Å². The van der Waals surface area contributed by atoms with E-state index in [1.165, 1.54) is 26.8 Å². The third-order valence-electron chi connectivity index (χ3n) is 7.52. The summed E-state index contributed by atoms with van der Waals surface area (Å²) in [6.07, 6.45) is 5.81. The molecule has 0 aromatic heterocycles. The molecule has 0 saturated carbocycles. The normalized spacial score (nSPS) is 13.6. The molecule has 6 rings (SSSR count). The lowest BCUT2D eigenvalue weighted by Crippen LogP contribution is -2.26. The molecule has 4 aromatic carbocycles. The molecule has 0 saturated heterocycles. The zero-order chi connectivity index (χ0) is 25.5. The van der Waals surface area contributed by atoms with Gasteiger partial charge in [-0.05, 0) is 94.4 Å². The van der Waals surface area contributed by atoms with E-state index in [-0.39, 0.29) is 11.7 Å². The molecule has 2 aliphatic carbocycles. The summed E-state index contributed by atoms with van der Waals surface area (Å²) in [7, 11) is 0. The molecule has 1 amide bonds. The largest absolute Gasteiger partial charge is 0.322 e. The van der Waals surface area contributed by atoms with Crippen molar-refractivity contribution in [2.24, 2.45) is 0 Å². The first-order chi connectivity index (χ1) is 18.0. The first kappa shape index (κ1) is 23.4. The van der Waals surface area contributed by atoms with Gasteiger partial charge < -0.3 is 5.32 Å². The minimum Gasteiger partial charge on any atom is -0.322 e. The molecule has 182 valence electrons. The van der Waals surface area contributed by atoms with Gasteiger partial charge in [-0.25, -0.2) is 0 Å². The van der Waals surface area contributed by atoms with Crippen molar-refractivity contribution in [2.75, 3.05) is 5.32 Å². The van der Waals surface area contributed by atoms with Gasteiger partial charge in [-0.15, -0.1) is 0 Å². The van der Waals surface area contributed by atoms with Crippen molar-refractivity contribution in [3.05, 3.63) is 133 Å². The van der Waals surface area contributed by atoms with E-state index >= 15 is 0 Å². The van der Waals surface area contributed by atoms with Crippen LogP contribution in [0.1, 0.15) is 50.2 Å². The van der Waals surface area contributed by atoms with Gasteiger partial charge in [0.05, 0.1) is 5.02 Å². The van der Waals surface area contributed by atoms with E-state index in [1.807, 2.05) is 25.1 Å². The number of Topliss-reactive ketones (excluding diaryl/α,β-unsaturated/α-hetero) is 1. The van der Waals surface area contributed by atoms with Crippen LogP contribution in [0.3, 0.4) is 0 Å². The number of benzene rings is 4. The summed E-state index contributed by atoms with van der Waals surface area (Å²) in [6, 6.07) is 25.3. The Labute approximate surface area is 220 Å². The Kier molecular flexibility index (Phi) is 6.02. The van der Waals surface area contributed by atoms with Crippen LogP contribution in [-0.2, 0) is 12.8 Å². The molecule has 1 N–H and O–H groups in total. The van der Waals surface area contributed by atoms with Gasteiger partial charge in [0, 0.05) is 22.4 Å². The average molecular weight is 504 g/mol. The number of halogens is 1. The number of nitrogens with one attached hydrogen (secondary N) is 1. The van der Waals surface area contributed by atoms with Crippen molar-refractivity contribution < 1.29 is 9.59 Å². The molecular weight excluding hydrogens is 478 g/mol. The summed E-state index contributed by atoms with van der Waals surface area (Å²) in [4.78, 5) is 26.4. The number of aryl methyl sites for hydroxylation is 1. The molecule has 4 heteroatoms. The second-order valence-electron chi connectivity index (χ2n) is 9.74. The second kappa shape index (κ2) is 9.49. The van der Waals surface area contributed by atoms with Gasteiger partial charge in [0.25, 0.3) is 5.91 Å². The van der Waals surface area contributed by atoms with E-state index in [2.05, 4.69) is 47.8 Å². The number of hydrogen-bond acceptors (Lipinski definition) is 2. The van der Waals surface area contributed by atoms with E-state index in [9.17, 15) is 9.59 Å². The van der Waals surface area contributed by atoms with Crippen molar-refractivity contribution in [1.82, 2.24) is 0 Å². The monoisotopic (exact) mass is 503 g/mol. The fourth-order valence-corrected chi connectivity index (χ4v) is 5.92. The minimum atomic E-state index is -0.202. The summed E-state index contributed by atoms with van der Waals surface area (Å²) in [5.41, 5.74) is 5.98. The summed E-state index contributed by atoms with van der Waals surface area (Å²) in [5.74, 6) is -0.241. The quantitative estimate of drug-likeness (QED) is 0.353. The topological polar surface area (TPSA) is 46.2 Å². The fourth-order valence-electron chi connectivity index (χ4n) is 5.66. The molecule has 0 bridgehead atoms. The maximum atomic E-state index is 13.7. The molecule has 0 aliphatic heterocycles. The van der Waals surface area contributed by atoms with Gasteiger partial charge in [0.2, 0.25) is 0 Å². The number of anilines is 1. The van der Waals surface area contributed by atoms with Crippen LogP contribution in [0.25, 0.3) is 11.6 Å². The number of hydrogen-bond donors (Lipinski definition) is 1. The number of amides is 1. The maximum absolute atomic E-state index is 13.7. The van der Waals surface area contributed by atoms with Gasteiger partial charge in [-0.3, -0.25) is 9.59 Å². The molecule has 0 atom stereocenters. The van der Waals surface area contributed by atoms with Gasteiger partial charge in [-0.1, -0.05) is 72.3 Å². The van der Waals surface area contributed by atoms with Gasteiger partial charge in [0.15, 0.2) is 5.78 Å². The minimum absolute atomic E-state index is 0.0390. The average Bonchev–Trinajstić information content (AvgIpc) is 2.92. The molecule has 0 heterocycles. The van der Waals surface area contributed by atoms with Crippen LogP contribution in [0, 0.1) is 17.4 Å². The second-order valence-corrected chi connectivity index (χ2v) is 10.1. The number of ketones is 1. The van der Waals surface area contributed by atoms with Crippen molar-refractivity contribution in [1.29, 1.82) is 0 Å². The van der Waals surface area contributed by atoms with E-state index < -0.39 is 0 Å². The molecule has 0 radical (unpaired) electrons. The zero-order valence-electron chi connectivity index (χ0n) is 20.6. The lowest BCUT2D eigenvalue weighted by Gasteiger charge is -2.20. The van der Waals surface area contributed by atoms with Crippen LogP contribution in [0.15, 0.2) is 78.9 Å². The smallest absolute Gasteiger partial charge is 0.255 e. The van der Waals surface area contributed by atoms with Gasteiger partial charge >= 0.3 is 0 Å². The van der Waals surface area contributed by atoms with Crippen molar-refractivity contribution in [2.45, 2.75) is 32.6 Å². The Hall–Kier alpha value is -3.95. The highest BCUT2D eigenvalue weighted by atomic mass is 35.5. The molecule has 3 nitrogen and oxygen atoms in total. The number of fused-ring (bicyclic) bond motifs is 4. The third-order valence-corrected chi connectivity index (χ3v) is 7.83. The van der Waals surface area contributed by atoms with Crippen molar-refractivity contribution >= 4 is 40.6 Å². The maximum Gasteiger partial charge on any atom is 0.255 e. The lowest BCUT2D eigenvalue weighted by molar-refractivity contribution is 0.102. The van der Waals surface area contributed by atoms with Crippen LogP contribution in [-0.4, -0.2) is 11.7 Å². The first-order valence-electron chi connectivity index (χ1n) is 12.7.